The smallest absolute Gasteiger partial charge is 0.250 e. The van der Waals surface area contributed by atoms with E-state index in [4.69, 9.17) is 0 Å². The molecule has 0 atom stereocenters. The maximum Gasteiger partial charge on any atom is 0.250 e. The highest BCUT2D eigenvalue weighted by atomic mass is 16.1. The highest BCUT2D eigenvalue weighted by molar-refractivity contribution is 5.92. The van der Waals surface area contributed by atoms with Crippen LogP contribution in [-0.4, -0.2) is 5.91 Å². The molecule has 2 heteroatoms. The fraction of sp³-hybridized carbons (Fsp3) is 0.808. The molecule has 0 unspecified atom stereocenters. The van der Waals surface area contributed by atoms with Gasteiger partial charge in [-0.3, -0.25) is 4.79 Å². The first kappa shape index (κ1) is 27.0. The second kappa shape index (κ2) is 22.2. The van der Waals surface area contributed by atoms with Crippen molar-refractivity contribution in [2.75, 3.05) is 0 Å². The molecule has 0 bridgehead atoms. The Hall–Kier alpha value is -1.05. The number of allylic oxidation sites excluding steroid dienone is 1. The fourth-order valence-corrected chi connectivity index (χ4v) is 3.50. The Morgan fingerprint density at radius 2 is 1.04 bits per heavy atom. The summed E-state index contributed by atoms with van der Waals surface area (Å²) >= 11 is 0. The zero-order valence-electron chi connectivity index (χ0n) is 19.2. The van der Waals surface area contributed by atoms with Gasteiger partial charge in [0.05, 0.1) is 0 Å². The third kappa shape index (κ3) is 21.3. The minimum Gasteiger partial charge on any atom is -0.329 e. The standard InChI is InChI=1S/C26H49NO/c1-4-5-6-7-8-9-10-11-12-13-14-15-16-17-18-19-20-21-22-23-24-27-26(28)25(2)3/h23-24H,2,4-22H2,1,3H3,(H,27,28). The van der Waals surface area contributed by atoms with E-state index in [-0.39, 0.29) is 5.91 Å². The van der Waals surface area contributed by atoms with Gasteiger partial charge < -0.3 is 5.32 Å². The van der Waals surface area contributed by atoms with Crippen LogP contribution in [0.3, 0.4) is 0 Å². The largest absolute Gasteiger partial charge is 0.329 e. The number of nitrogens with one attached hydrogen (secondary N) is 1. The molecule has 0 aromatic carbocycles. The molecule has 0 rings (SSSR count). The van der Waals surface area contributed by atoms with Crippen molar-refractivity contribution in [2.24, 2.45) is 0 Å². The van der Waals surface area contributed by atoms with Gasteiger partial charge in [-0.1, -0.05) is 129 Å². The normalized spacial score (nSPS) is 11.2. The highest BCUT2D eigenvalue weighted by Crippen LogP contribution is 2.14. The number of carbonyl (C=O) groups excluding carboxylic acids is 1. The van der Waals surface area contributed by atoms with E-state index in [0.29, 0.717) is 5.57 Å². The second-order valence-corrected chi connectivity index (χ2v) is 8.46. The lowest BCUT2D eigenvalue weighted by molar-refractivity contribution is -0.116. The van der Waals surface area contributed by atoms with Crippen LogP contribution in [0.15, 0.2) is 24.4 Å². The van der Waals surface area contributed by atoms with Crippen molar-refractivity contribution in [1.29, 1.82) is 0 Å². The molecule has 1 amide bonds. The van der Waals surface area contributed by atoms with Gasteiger partial charge in [0.25, 0.3) is 0 Å². The first-order valence-corrected chi connectivity index (χ1v) is 12.3. The molecule has 0 aliphatic carbocycles. The van der Waals surface area contributed by atoms with Gasteiger partial charge in [0.2, 0.25) is 5.91 Å². The minimum atomic E-state index is -0.0888. The Morgan fingerprint density at radius 1 is 0.679 bits per heavy atom. The SMILES string of the molecule is C=C(C)C(=O)NC=CCCCCCCCCCCCCCCCCCCCC. The summed E-state index contributed by atoms with van der Waals surface area (Å²) in [6.45, 7) is 7.63. The quantitative estimate of drug-likeness (QED) is 0.154. The van der Waals surface area contributed by atoms with Crippen LogP contribution in [0.25, 0.3) is 0 Å². The second-order valence-electron chi connectivity index (χ2n) is 8.46. The molecule has 0 aliphatic rings. The lowest BCUT2D eigenvalue weighted by atomic mass is 10.0. The molecule has 0 saturated carbocycles. The number of hydrogen-bond donors (Lipinski definition) is 1. The molecule has 0 radical (unpaired) electrons. The van der Waals surface area contributed by atoms with Crippen LogP contribution in [0.2, 0.25) is 0 Å². The average Bonchev–Trinajstić information content (AvgIpc) is 2.68. The van der Waals surface area contributed by atoms with Crippen LogP contribution < -0.4 is 5.32 Å². The maximum absolute atomic E-state index is 11.3. The molecule has 28 heavy (non-hydrogen) atoms. The third-order valence-corrected chi connectivity index (χ3v) is 5.44. The molecular weight excluding hydrogens is 342 g/mol. The van der Waals surface area contributed by atoms with Crippen molar-refractivity contribution >= 4 is 5.91 Å². The molecule has 0 aromatic heterocycles. The molecule has 0 heterocycles. The average molecular weight is 392 g/mol. The number of unbranched alkanes of at least 4 members (excludes halogenated alkanes) is 18. The topological polar surface area (TPSA) is 29.1 Å². The van der Waals surface area contributed by atoms with E-state index in [1.54, 1.807) is 13.1 Å². The minimum absolute atomic E-state index is 0.0888. The summed E-state index contributed by atoms with van der Waals surface area (Å²) in [6.07, 6.45) is 30.2. The van der Waals surface area contributed by atoms with Crippen molar-refractivity contribution < 1.29 is 4.79 Å². The monoisotopic (exact) mass is 391 g/mol. The van der Waals surface area contributed by atoms with E-state index < -0.39 is 0 Å². The predicted octanol–water partition coefficient (Wildman–Crippen LogP) is 8.62. The molecule has 0 saturated heterocycles. The van der Waals surface area contributed by atoms with Crippen LogP contribution in [0.4, 0.5) is 0 Å². The third-order valence-electron chi connectivity index (χ3n) is 5.44. The van der Waals surface area contributed by atoms with Crippen LogP contribution in [0, 0.1) is 0 Å². The molecular formula is C26H49NO. The summed E-state index contributed by atoms with van der Waals surface area (Å²) in [4.78, 5) is 11.3. The summed E-state index contributed by atoms with van der Waals surface area (Å²) in [5, 5.41) is 2.72. The summed E-state index contributed by atoms with van der Waals surface area (Å²) in [5.41, 5.74) is 0.554. The Balaban J connectivity index is 3.11. The van der Waals surface area contributed by atoms with Gasteiger partial charge in [-0.25, -0.2) is 0 Å². The van der Waals surface area contributed by atoms with E-state index in [9.17, 15) is 4.79 Å². The first-order chi connectivity index (χ1) is 13.7. The van der Waals surface area contributed by atoms with Gasteiger partial charge in [-0.2, -0.15) is 0 Å². The van der Waals surface area contributed by atoms with Gasteiger partial charge >= 0.3 is 0 Å². The Morgan fingerprint density at radius 3 is 1.39 bits per heavy atom. The number of rotatable bonds is 21. The Bertz CT molecular complexity index is 386. The summed E-state index contributed by atoms with van der Waals surface area (Å²) < 4.78 is 0. The molecule has 164 valence electrons. The molecule has 0 aromatic rings. The van der Waals surface area contributed by atoms with E-state index in [1.807, 2.05) is 6.08 Å². The van der Waals surface area contributed by atoms with Crippen LogP contribution in [0.5, 0.6) is 0 Å². The van der Waals surface area contributed by atoms with Gasteiger partial charge in [0.15, 0.2) is 0 Å². The van der Waals surface area contributed by atoms with Gasteiger partial charge in [-0.05, 0) is 19.8 Å². The fourth-order valence-electron chi connectivity index (χ4n) is 3.50. The lowest BCUT2D eigenvalue weighted by Gasteiger charge is -2.03. The van der Waals surface area contributed by atoms with Crippen LogP contribution >= 0.6 is 0 Å². The number of hydrogen-bond acceptors (Lipinski definition) is 1. The van der Waals surface area contributed by atoms with Crippen molar-refractivity contribution in [3.05, 3.63) is 24.4 Å². The lowest BCUT2D eigenvalue weighted by Crippen LogP contribution is -2.16. The molecule has 2 nitrogen and oxygen atoms in total. The van der Waals surface area contributed by atoms with E-state index in [2.05, 4.69) is 18.8 Å². The summed E-state index contributed by atoms with van der Waals surface area (Å²) in [5.74, 6) is -0.0888. The number of amides is 1. The van der Waals surface area contributed by atoms with E-state index in [0.717, 1.165) is 6.42 Å². The number of carbonyl (C=O) groups is 1. The zero-order valence-corrected chi connectivity index (χ0v) is 19.2. The molecule has 0 spiro atoms. The predicted molar refractivity (Wildman–Crippen MR) is 125 cm³/mol. The van der Waals surface area contributed by atoms with E-state index >= 15 is 0 Å². The van der Waals surface area contributed by atoms with Crippen molar-refractivity contribution in [3.63, 3.8) is 0 Å². The van der Waals surface area contributed by atoms with Gasteiger partial charge in [0, 0.05) is 11.8 Å². The first-order valence-electron chi connectivity index (χ1n) is 12.3. The summed E-state index contributed by atoms with van der Waals surface area (Å²) in [6, 6.07) is 0. The van der Waals surface area contributed by atoms with Crippen molar-refractivity contribution in [3.8, 4) is 0 Å². The molecule has 0 aliphatic heterocycles. The summed E-state index contributed by atoms with van der Waals surface area (Å²) in [7, 11) is 0. The van der Waals surface area contributed by atoms with Gasteiger partial charge in [0.1, 0.15) is 0 Å². The highest BCUT2D eigenvalue weighted by Gasteiger charge is 1.96. The van der Waals surface area contributed by atoms with E-state index in [1.165, 1.54) is 116 Å². The van der Waals surface area contributed by atoms with Crippen molar-refractivity contribution in [2.45, 2.75) is 136 Å². The Labute approximate surface area is 176 Å². The molecule has 0 fully saturated rings. The molecule has 1 N–H and O–H groups in total. The van der Waals surface area contributed by atoms with Gasteiger partial charge in [-0.15, -0.1) is 0 Å². The van der Waals surface area contributed by atoms with Crippen molar-refractivity contribution in [1.82, 2.24) is 5.32 Å². The Kier molecular flexibility index (Phi) is 21.4. The van der Waals surface area contributed by atoms with Crippen LogP contribution in [-0.2, 0) is 4.79 Å². The maximum atomic E-state index is 11.3. The zero-order chi connectivity index (χ0) is 20.7. The van der Waals surface area contributed by atoms with Crippen LogP contribution in [0.1, 0.15) is 136 Å².